The summed E-state index contributed by atoms with van der Waals surface area (Å²) in [4.78, 5) is 0. The van der Waals surface area contributed by atoms with Gasteiger partial charge in [-0.25, -0.2) is 4.39 Å². The number of fused-ring (bicyclic) bond motifs is 3. The Labute approximate surface area is 153 Å². The van der Waals surface area contributed by atoms with Crippen LogP contribution in [0.15, 0.2) is 42.5 Å². The fraction of sp³-hybridized carbons (Fsp3) is 0.300. The van der Waals surface area contributed by atoms with E-state index in [9.17, 15) is 17.6 Å². The third-order valence-electron chi connectivity index (χ3n) is 4.94. The van der Waals surface area contributed by atoms with Gasteiger partial charge in [-0.15, -0.1) is 13.2 Å². The first kappa shape index (κ1) is 17.9. The van der Waals surface area contributed by atoms with Gasteiger partial charge in [0.05, 0.1) is 0 Å². The van der Waals surface area contributed by atoms with E-state index in [1.807, 2.05) is 10.6 Å². The molecule has 1 heterocycles. The van der Waals surface area contributed by atoms with Gasteiger partial charge in [-0.2, -0.15) is 0 Å². The Balaban J connectivity index is 1.83. The Morgan fingerprint density at radius 2 is 1.96 bits per heavy atom. The molecule has 0 aliphatic heterocycles. The van der Waals surface area contributed by atoms with Gasteiger partial charge in [0.15, 0.2) is 0 Å². The van der Waals surface area contributed by atoms with Gasteiger partial charge in [0, 0.05) is 29.2 Å². The number of halogens is 4. The Morgan fingerprint density at radius 1 is 1.15 bits per heavy atom. The zero-order chi connectivity index (χ0) is 19.2. The molecule has 7 heteroatoms. The lowest BCUT2D eigenvalue weighted by Crippen LogP contribution is -2.28. The van der Waals surface area contributed by atoms with Crippen molar-refractivity contribution in [2.75, 3.05) is 0 Å². The first-order valence-corrected chi connectivity index (χ1v) is 8.70. The molecule has 3 aromatic rings. The molecule has 3 nitrogen and oxygen atoms in total. The van der Waals surface area contributed by atoms with Gasteiger partial charge in [0.25, 0.3) is 0 Å². The second kappa shape index (κ2) is 6.56. The van der Waals surface area contributed by atoms with Crippen LogP contribution in [0.1, 0.15) is 23.2 Å². The predicted octanol–water partition coefficient (Wildman–Crippen LogP) is 4.54. The van der Waals surface area contributed by atoms with Crippen molar-refractivity contribution >= 4 is 10.9 Å². The Kier molecular flexibility index (Phi) is 4.34. The molecule has 0 fully saturated rings. The van der Waals surface area contributed by atoms with Crippen molar-refractivity contribution in [3.63, 3.8) is 0 Å². The van der Waals surface area contributed by atoms with E-state index in [0.717, 1.165) is 35.2 Å². The number of rotatable bonds is 3. The molecule has 0 bridgehead atoms. The zero-order valence-electron chi connectivity index (χ0n) is 14.4. The van der Waals surface area contributed by atoms with Crippen LogP contribution >= 0.6 is 0 Å². The molecule has 0 saturated heterocycles. The molecule has 142 valence electrons. The number of nitrogens with zero attached hydrogens (tertiary/aromatic N) is 1. The number of aromatic nitrogens is 1. The van der Waals surface area contributed by atoms with Gasteiger partial charge in [0.2, 0.25) is 0 Å². The maximum absolute atomic E-state index is 13.6. The quantitative estimate of drug-likeness (QED) is 0.680. The second-order valence-corrected chi connectivity index (χ2v) is 6.87. The van der Waals surface area contributed by atoms with E-state index in [4.69, 9.17) is 5.73 Å². The number of hydrogen-bond donors (Lipinski definition) is 1. The highest BCUT2D eigenvalue weighted by Crippen LogP contribution is 2.35. The highest BCUT2D eigenvalue weighted by molar-refractivity contribution is 5.87. The third kappa shape index (κ3) is 3.64. The van der Waals surface area contributed by atoms with Gasteiger partial charge in [-0.3, -0.25) is 0 Å². The molecule has 0 radical (unpaired) electrons. The maximum Gasteiger partial charge on any atom is 0.573 e. The Morgan fingerprint density at radius 3 is 2.70 bits per heavy atom. The standard InChI is InChI=1S/C20H18F4N2O/c21-13-3-1-2-12(8-13)11-26-18-6-4-14(25)9-16(18)17-10-15(5-7-19(17)26)27-20(22,23)24/h1-3,5,7-8,10,14H,4,6,9,11,25H2. The highest BCUT2D eigenvalue weighted by Gasteiger charge is 2.32. The minimum atomic E-state index is -4.74. The van der Waals surface area contributed by atoms with Crippen molar-refractivity contribution in [2.45, 2.75) is 38.2 Å². The molecule has 27 heavy (non-hydrogen) atoms. The SMILES string of the molecule is NC1CCc2c(c3cc(OC(F)(F)F)ccc3n2Cc2cccc(F)c2)C1. The summed E-state index contributed by atoms with van der Waals surface area (Å²) < 4.78 is 57.5. The second-order valence-electron chi connectivity index (χ2n) is 6.87. The summed E-state index contributed by atoms with van der Waals surface area (Å²) in [5, 5.41) is 0.707. The number of alkyl halides is 3. The topological polar surface area (TPSA) is 40.2 Å². The molecular weight excluding hydrogens is 360 g/mol. The fourth-order valence-electron chi connectivity index (χ4n) is 3.85. The summed E-state index contributed by atoms with van der Waals surface area (Å²) in [6.45, 7) is 0.443. The molecule has 0 spiro atoms. The van der Waals surface area contributed by atoms with Crippen molar-refractivity contribution in [3.05, 3.63) is 65.1 Å². The average Bonchev–Trinajstić information content (AvgIpc) is 2.86. The van der Waals surface area contributed by atoms with Crippen LogP contribution in [0.25, 0.3) is 10.9 Å². The molecule has 0 amide bonds. The van der Waals surface area contributed by atoms with Crippen LogP contribution in [0.3, 0.4) is 0 Å². The van der Waals surface area contributed by atoms with Crippen molar-refractivity contribution in [1.82, 2.24) is 4.57 Å². The van der Waals surface area contributed by atoms with Crippen LogP contribution in [0.5, 0.6) is 5.75 Å². The lowest BCUT2D eigenvalue weighted by atomic mass is 9.92. The van der Waals surface area contributed by atoms with Crippen molar-refractivity contribution in [3.8, 4) is 5.75 Å². The third-order valence-corrected chi connectivity index (χ3v) is 4.94. The summed E-state index contributed by atoms with van der Waals surface area (Å²) >= 11 is 0. The van der Waals surface area contributed by atoms with Crippen LogP contribution in [-0.2, 0) is 19.4 Å². The molecule has 1 unspecified atom stereocenters. The van der Waals surface area contributed by atoms with E-state index >= 15 is 0 Å². The lowest BCUT2D eigenvalue weighted by molar-refractivity contribution is -0.274. The summed E-state index contributed by atoms with van der Waals surface area (Å²) in [7, 11) is 0. The molecule has 0 saturated carbocycles. The molecule has 2 aromatic carbocycles. The Bertz CT molecular complexity index is 994. The van der Waals surface area contributed by atoms with Crippen LogP contribution in [-0.4, -0.2) is 17.0 Å². The number of hydrogen-bond acceptors (Lipinski definition) is 2. The highest BCUT2D eigenvalue weighted by atomic mass is 19.4. The van der Waals surface area contributed by atoms with E-state index in [1.165, 1.54) is 24.3 Å². The summed E-state index contributed by atoms with van der Waals surface area (Å²) in [5.41, 5.74) is 9.68. The summed E-state index contributed by atoms with van der Waals surface area (Å²) in [6, 6.07) is 10.6. The lowest BCUT2D eigenvalue weighted by Gasteiger charge is -2.21. The summed E-state index contributed by atoms with van der Waals surface area (Å²) in [6.07, 6.45) is -2.61. The first-order valence-electron chi connectivity index (χ1n) is 8.70. The minimum Gasteiger partial charge on any atom is -0.406 e. The van der Waals surface area contributed by atoms with Crippen LogP contribution in [0.4, 0.5) is 17.6 Å². The molecular formula is C20H18F4N2O. The Hall–Kier alpha value is -2.54. The maximum atomic E-state index is 13.6. The van der Waals surface area contributed by atoms with Crippen LogP contribution in [0, 0.1) is 5.82 Å². The molecule has 1 atom stereocenters. The number of nitrogens with two attached hydrogens (primary N) is 1. The van der Waals surface area contributed by atoms with E-state index in [-0.39, 0.29) is 17.6 Å². The smallest absolute Gasteiger partial charge is 0.406 e. The largest absolute Gasteiger partial charge is 0.573 e. The van der Waals surface area contributed by atoms with E-state index in [1.54, 1.807) is 12.1 Å². The monoisotopic (exact) mass is 378 g/mol. The molecule has 2 N–H and O–H groups in total. The molecule has 1 aliphatic carbocycles. The van der Waals surface area contributed by atoms with E-state index in [2.05, 4.69) is 4.74 Å². The van der Waals surface area contributed by atoms with Gasteiger partial charge in [-0.05, 0) is 60.7 Å². The van der Waals surface area contributed by atoms with E-state index in [0.29, 0.717) is 18.4 Å². The van der Waals surface area contributed by atoms with Gasteiger partial charge < -0.3 is 15.0 Å². The minimum absolute atomic E-state index is 0.0297. The van der Waals surface area contributed by atoms with Crippen LogP contribution < -0.4 is 10.5 Å². The van der Waals surface area contributed by atoms with Crippen LogP contribution in [0.2, 0.25) is 0 Å². The molecule has 1 aliphatic rings. The van der Waals surface area contributed by atoms with Crippen molar-refractivity contribution in [2.24, 2.45) is 5.73 Å². The normalized spacial score (nSPS) is 17.1. The van der Waals surface area contributed by atoms with E-state index < -0.39 is 6.36 Å². The fourth-order valence-corrected chi connectivity index (χ4v) is 3.85. The van der Waals surface area contributed by atoms with Gasteiger partial charge in [0.1, 0.15) is 11.6 Å². The average molecular weight is 378 g/mol. The van der Waals surface area contributed by atoms with Crippen molar-refractivity contribution in [1.29, 1.82) is 0 Å². The molecule has 4 rings (SSSR count). The van der Waals surface area contributed by atoms with Gasteiger partial charge in [-0.1, -0.05) is 12.1 Å². The molecule has 1 aromatic heterocycles. The summed E-state index contributed by atoms with van der Waals surface area (Å²) in [5.74, 6) is -0.569. The predicted molar refractivity (Wildman–Crippen MR) is 94.1 cm³/mol. The number of benzene rings is 2. The van der Waals surface area contributed by atoms with Gasteiger partial charge >= 0.3 is 6.36 Å². The first-order chi connectivity index (χ1) is 12.8. The zero-order valence-corrected chi connectivity index (χ0v) is 14.4. The van der Waals surface area contributed by atoms with Crippen molar-refractivity contribution < 1.29 is 22.3 Å². The number of ether oxygens (including phenoxy) is 1.